The molecule has 2 aromatic rings. The lowest BCUT2D eigenvalue weighted by Crippen LogP contribution is -2.50. The number of hydrogen-bond acceptors (Lipinski definition) is 5. The quantitative estimate of drug-likeness (QED) is 0.460. The van der Waals surface area contributed by atoms with Crippen LogP contribution in [0.2, 0.25) is 10.0 Å². The van der Waals surface area contributed by atoms with E-state index in [0.29, 0.717) is 15.6 Å². The molecule has 11 heteroatoms. The van der Waals surface area contributed by atoms with Gasteiger partial charge in [0.25, 0.3) is 15.9 Å². The Hall–Kier alpha value is -2.62. The maximum Gasteiger partial charge on any atom is 0.269 e. The number of halogens is 2. The monoisotopic (exact) mass is 579 g/mol. The highest BCUT2D eigenvalue weighted by molar-refractivity contribution is 7.90. The van der Waals surface area contributed by atoms with E-state index < -0.39 is 22.0 Å². The Labute approximate surface area is 233 Å². The Kier molecular flexibility index (Phi) is 9.00. The van der Waals surface area contributed by atoms with Crippen molar-refractivity contribution in [3.05, 3.63) is 63.6 Å². The van der Waals surface area contributed by atoms with Crippen molar-refractivity contribution < 1.29 is 22.8 Å². The van der Waals surface area contributed by atoms with Gasteiger partial charge in [-0.1, -0.05) is 60.7 Å². The summed E-state index contributed by atoms with van der Waals surface area (Å²) in [7, 11) is -3.95. The lowest BCUT2D eigenvalue weighted by Gasteiger charge is -2.31. The molecule has 0 radical (unpaired) electrons. The number of amides is 3. The summed E-state index contributed by atoms with van der Waals surface area (Å²) in [6, 6.07) is 10.4. The highest BCUT2D eigenvalue weighted by Crippen LogP contribution is 2.30. The van der Waals surface area contributed by atoms with E-state index in [1.165, 1.54) is 17.0 Å². The van der Waals surface area contributed by atoms with Gasteiger partial charge in [-0.25, -0.2) is 12.7 Å². The van der Waals surface area contributed by atoms with E-state index >= 15 is 0 Å². The highest BCUT2D eigenvalue weighted by Gasteiger charge is 2.40. The zero-order valence-electron chi connectivity index (χ0n) is 21.2. The Bertz CT molecular complexity index is 1330. The van der Waals surface area contributed by atoms with E-state index in [1.807, 2.05) is 0 Å². The molecule has 0 aromatic heterocycles. The molecule has 0 bridgehead atoms. The van der Waals surface area contributed by atoms with Gasteiger partial charge in [-0.15, -0.1) is 0 Å². The maximum absolute atomic E-state index is 13.4. The fraction of sp³-hybridized carbons (Fsp3) is 0.444. The van der Waals surface area contributed by atoms with Gasteiger partial charge in [0, 0.05) is 25.6 Å². The summed E-state index contributed by atoms with van der Waals surface area (Å²) in [6.07, 6.45) is 5.19. The highest BCUT2D eigenvalue weighted by atomic mass is 35.5. The summed E-state index contributed by atoms with van der Waals surface area (Å²) in [6.45, 7) is 1.67. The van der Waals surface area contributed by atoms with Crippen molar-refractivity contribution in [1.29, 1.82) is 0 Å². The fourth-order valence-corrected chi connectivity index (χ4v) is 6.88. The molecule has 8 nitrogen and oxygen atoms in total. The summed E-state index contributed by atoms with van der Waals surface area (Å²) in [5.41, 5.74) is 0.839. The van der Waals surface area contributed by atoms with Crippen molar-refractivity contribution in [3.8, 4) is 0 Å². The molecule has 1 fully saturated rings. The van der Waals surface area contributed by atoms with Gasteiger partial charge in [-0.2, -0.15) is 0 Å². The SMILES string of the molecule is CC(C(=O)NC1CCCCC1)N(Cc1ccc(Cl)c(Cl)c1)C(=O)CCCN1C(=O)c2ccccc2S1(=O)=O. The number of carbonyl (C=O) groups is 3. The molecule has 1 aliphatic carbocycles. The van der Waals surface area contributed by atoms with Gasteiger partial charge in [-0.05, 0) is 56.0 Å². The second-order valence-corrected chi connectivity index (χ2v) is 12.4. The zero-order valence-corrected chi connectivity index (χ0v) is 23.5. The van der Waals surface area contributed by atoms with Crippen LogP contribution in [0.4, 0.5) is 0 Å². The topological polar surface area (TPSA) is 104 Å². The molecular weight excluding hydrogens is 549 g/mol. The summed E-state index contributed by atoms with van der Waals surface area (Å²) >= 11 is 12.2. The lowest BCUT2D eigenvalue weighted by molar-refractivity contribution is -0.141. The van der Waals surface area contributed by atoms with Crippen LogP contribution >= 0.6 is 23.2 Å². The van der Waals surface area contributed by atoms with Crippen LogP contribution in [0.15, 0.2) is 47.4 Å². The van der Waals surface area contributed by atoms with Gasteiger partial charge >= 0.3 is 0 Å². The van der Waals surface area contributed by atoms with E-state index in [1.54, 1.807) is 37.3 Å². The fourth-order valence-electron chi connectivity index (χ4n) is 4.96. The molecule has 1 aliphatic heterocycles. The van der Waals surface area contributed by atoms with Crippen molar-refractivity contribution in [2.75, 3.05) is 6.54 Å². The van der Waals surface area contributed by atoms with Crippen LogP contribution in [0.5, 0.6) is 0 Å². The molecule has 1 unspecified atom stereocenters. The summed E-state index contributed by atoms with van der Waals surface area (Å²) in [5, 5.41) is 3.80. The van der Waals surface area contributed by atoms with Crippen LogP contribution in [0.1, 0.15) is 67.8 Å². The molecule has 2 aromatic carbocycles. The van der Waals surface area contributed by atoms with Crippen LogP contribution in [-0.2, 0) is 26.2 Å². The van der Waals surface area contributed by atoms with Crippen molar-refractivity contribution in [1.82, 2.24) is 14.5 Å². The molecule has 1 atom stereocenters. The zero-order chi connectivity index (χ0) is 27.4. The van der Waals surface area contributed by atoms with Gasteiger partial charge in [0.15, 0.2) is 0 Å². The molecule has 4 rings (SSSR count). The first-order chi connectivity index (χ1) is 18.1. The first-order valence-electron chi connectivity index (χ1n) is 12.8. The average molecular weight is 581 g/mol. The minimum absolute atomic E-state index is 0.0226. The number of benzene rings is 2. The third kappa shape index (κ3) is 6.16. The Morgan fingerprint density at radius 3 is 2.47 bits per heavy atom. The van der Waals surface area contributed by atoms with Crippen molar-refractivity contribution >= 4 is 50.9 Å². The second kappa shape index (κ2) is 12.1. The smallest absolute Gasteiger partial charge is 0.269 e. The average Bonchev–Trinajstić information content (AvgIpc) is 3.10. The largest absolute Gasteiger partial charge is 0.352 e. The number of fused-ring (bicyclic) bond motifs is 1. The third-order valence-electron chi connectivity index (χ3n) is 7.12. The normalized spacial score (nSPS) is 17.7. The predicted octanol–water partition coefficient (Wildman–Crippen LogP) is 4.78. The lowest BCUT2D eigenvalue weighted by atomic mass is 9.95. The molecule has 2 aliphatic rings. The minimum Gasteiger partial charge on any atom is -0.352 e. The number of nitrogens with zero attached hydrogens (tertiary/aromatic N) is 2. The molecular formula is C27H31Cl2N3O5S. The number of rotatable bonds is 9. The molecule has 3 amide bonds. The molecule has 38 heavy (non-hydrogen) atoms. The van der Waals surface area contributed by atoms with E-state index in [-0.39, 0.29) is 54.2 Å². The van der Waals surface area contributed by atoms with Crippen molar-refractivity contribution in [3.63, 3.8) is 0 Å². The summed E-state index contributed by atoms with van der Waals surface area (Å²) < 4.78 is 26.5. The molecule has 1 heterocycles. The van der Waals surface area contributed by atoms with Crippen LogP contribution in [0, 0.1) is 0 Å². The van der Waals surface area contributed by atoms with Crippen LogP contribution < -0.4 is 5.32 Å². The van der Waals surface area contributed by atoms with Crippen molar-refractivity contribution in [2.45, 2.75) is 75.4 Å². The summed E-state index contributed by atoms with van der Waals surface area (Å²) in [4.78, 5) is 40.7. The van der Waals surface area contributed by atoms with Gasteiger partial charge < -0.3 is 10.2 Å². The summed E-state index contributed by atoms with van der Waals surface area (Å²) in [5.74, 6) is -1.16. The van der Waals surface area contributed by atoms with E-state index in [2.05, 4.69) is 5.32 Å². The number of nitrogens with one attached hydrogen (secondary N) is 1. The van der Waals surface area contributed by atoms with E-state index in [0.717, 1.165) is 36.4 Å². The van der Waals surface area contributed by atoms with Crippen LogP contribution in [0.3, 0.4) is 0 Å². The van der Waals surface area contributed by atoms with Gasteiger partial charge in [0.1, 0.15) is 10.9 Å². The Balaban J connectivity index is 1.45. The number of sulfonamides is 1. The van der Waals surface area contributed by atoms with Gasteiger partial charge in [0.2, 0.25) is 11.8 Å². The number of carbonyl (C=O) groups excluding carboxylic acids is 3. The van der Waals surface area contributed by atoms with E-state index in [4.69, 9.17) is 23.2 Å². The molecule has 0 spiro atoms. The molecule has 1 saturated carbocycles. The Morgan fingerprint density at radius 2 is 1.79 bits per heavy atom. The first kappa shape index (κ1) is 28.4. The van der Waals surface area contributed by atoms with Gasteiger partial charge in [0.05, 0.1) is 15.6 Å². The predicted molar refractivity (Wildman–Crippen MR) is 145 cm³/mol. The van der Waals surface area contributed by atoms with Crippen LogP contribution in [-0.4, -0.2) is 54.0 Å². The van der Waals surface area contributed by atoms with Gasteiger partial charge in [-0.3, -0.25) is 14.4 Å². The molecule has 1 N–H and O–H groups in total. The van der Waals surface area contributed by atoms with E-state index in [9.17, 15) is 22.8 Å². The van der Waals surface area contributed by atoms with Crippen molar-refractivity contribution in [2.24, 2.45) is 0 Å². The second-order valence-electron chi connectivity index (χ2n) is 9.77. The maximum atomic E-state index is 13.4. The standard InChI is InChI=1S/C27H31Cl2N3O5S/c1-18(26(34)30-20-8-3-2-4-9-20)31(17-19-13-14-22(28)23(29)16-19)25(33)12-7-15-32-27(35)21-10-5-6-11-24(21)38(32,36)37/h5-6,10-11,13-14,16,18,20H,2-4,7-9,12,15,17H2,1H3,(H,30,34). The molecule has 204 valence electrons. The van der Waals surface area contributed by atoms with Crippen LogP contribution in [0.25, 0.3) is 0 Å². The minimum atomic E-state index is -3.95. The Morgan fingerprint density at radius 1 is 1.08 bits per heavy atom. The third-order valence-corrected chi connectivity index (χ3v) is 9.70. The number of hydrogen-bond donors (Lipinski definition) is 1. The first-order valence-corrected chi connectivity index (χ1v) is 15.0. The molecule has 0 saturated heterocycles.